The topological polar surface area (TPSA) is 85.9 Å². The highest BCUT2D eigenvalue weighted by Gasteiger charge is 2.30. The van der Waals surface area contributed by atoms with Crippen LogP contribution >= 0.6 is 0 Å². The van der Waals surface area contributed by atoms with Crippen molar-refractivity contribution in [3.8, 4) is 6.07 Å². The fourth-order valence-corrected chi connectivity index (χ4v) is 2.70. The third-order valence-electron chi connectivity index (χ3n) is 4.26. The molecule has 0 saturated heterocycles. The van der Waals surface area contributed by atoms with E-state index in [0.717, 1.165) is 12.1 Å². The van der Waals surface area contributed by atoms with Crippen molar-refractivity contribution in [2.75, 3.05) is 10.6 Å². The van der Waals surface area contributed by atoms with Crippen molar-refractivity contribution in [3.63, 3.8) is 0 Å². The van der Waals surface area contributed by atoms with E-state index in [-0.39, 0.29) is 18.0 Å². The van der Waals surface area contributed by atoms with Gasteiger partial charge in [-0.3, -0.25) is 4.79 Å². The smallest absolute Gasteiger partial charge is 0.308 e. The first-order chi connectivity index (χ1) is 14.7. The molecule has 2 amide bonds. The number of nitrogens with one attached hydrogen (secondary N) is 2. The summed E-state index contributed by atoms with van der Waals surface area (Å²) in [6.07, 6.45) is -1.25. The highest BCUT2D eigenvalue weighted by Crippen LogP contribution is 2.30. The van der Waals surface area contributed by atoms with Crippen LogP contribution in [0.5, 0.6) is 0 Å². The van der Waals surface area contributed by atoms with Crippen molar-refractivity contribution in [1.82, 2.24) is 0 Å². The van der Waals surface area contributed by atoms with Crippen LogP contribution in [0, 0.1) is 11.3 Å². The lowest BCUT2D eigenvalue weighted by Gasteiger charge is -2.11. The van der Waals surface area contributed by atoms with Gasteiger partial charge in [-0.1, -0.05) is 6.07 Å². The summed E-state index contributed by atoms with van der Waals surface area (Å²) in [7, 11) is 0. The van der Waals surface area contributed by atoms with E-state index in [9.17, 15) is 22.8 Å². The number of halogens is 3. The van der Waals surface area contributed by atoms with Gasteiger partial charge in [0.15, 0.2) is 12.4 Å². The highest BCUT2D eigenvalue weighted by molar-refractivity contribution is 6.00. The Balaban J connectivity index is 1.59. The Morgan fingerprint density at radius 2 is 1.58 bits per heavy atom. The second-order valence-corrected chi connectivity index (χ2v) is 6.53. The Kier molecular flexibility index (Phi) is 6.31. The number of amides is 2. The summed E-state index contributed by atoms with van der Waals surface area (Å²) in [6.45, 7) is 0.0779. The van der Waals surface area contributed by atoms with Gasteiger partial charge in [-0.05, 0) is 42.5 Å². The summed E-state index contributed by atoms with van der Waals surface area (Å²) in [5.41, 5.74) is 0.405. The minimum atomic E-state index is -4.51. The van der Waals surface area contributed by atoms with Crippen LogP contribution in [-0.2, 0) is 12.7 Å². The van der Waals surface area contributed by atoms with E-state index in [0.29, 0.717) is 16.8 Å². The number of carbonyl (C=O) groups excluding carboxylic acids is 2. The number of urea groups is 1. The quantitative estimate of drug-likeness (QED) is 0.470. The van der Waals surface area contributed by atoms with Crippen molar-refractivity contribution < 1.29 is 27.3 Å². The first-order valence-electron chi connectivity index (χ1n) is 9.02. The largest absolute Gasteiger partial charge is 0.416 e. The van der Waals surface area contributed by atoms with Gasteiger partial charge < -0.3 is 10.6 Å². The Hall–Kier alpha value is -4.19. The zero-order chi connectivity index (χ0) is 22.4. The van der Waals surface area contributed by atoms with Gasteiger partial charge in [0.1, 0.15) is 0 Å². The SMILES string of the molecule is N#Cc1cc[n+](CC(=O)c2ccc(NC(=O)Nc3cccc(C(F)(F)F)c3)cc2)cc1. The number of carbonyl (C=O) groups is 2. The Labute approximate surface area is 175 Å². The van der Waals surface area contributed by atoms with Crippen molar-refractivity contribution in [1.29, 1.82) is 5.26 Å². The van der Waals surface area contributed by atoms with Gasteiger partial charge in [-0.2, -0.15) is 23.0 Å². The van der Waals surface area contributed by atoms with E-state index in [1.54, 1.807) is 29.1 Å². The van der Waals surface area contributed by atoms with Crippen LogP contribution in [0.2, 0.25) is 0 Å². The molecule has 31 heavy (non-hydrogen) atoms. The zero-order valence-corrected chi connectivity index (χ0v) is 16.0. The number of nitriles is 1. The lowest BCUT2D eigenvalue weighted by Crippen LogP contribution is -2.37. The number of rotatable bonds is 5. The minimum absolute atomic E-state index is 0.00133. The number of Topliss-reactive ketones (excluding diaryl/α,β-unsaturated/α-hetero) is 1. The van der Waals surface area contributed by atoms with Crippen LogP contribution in [0.25, 0.3) is 0 Å². The van der Waals surface area contributed by atoms with E-state index in [1.807, 2.05) is 6.07 Å². The molecule has 0 spiro atoms. The lowest BCUT2D eigenvalue weighted by molar-refractivity contribution is -0.683. The number of pyridine rings is 1. The number of hydrogen-bond donors (Lipinski definition) is 2. The summed E-state index contributed by atoms with van der Waals surface area (Å²) in [5, 5.41) is 13.6. The molecule has 0 radical (unpaired) electrons. The number of alkyl halides is 3. The molecule has 2 N–H and O–H groups in total. The highest BCUT2D eigenvalue weighted by atomic mass is 19.4. The minimum Gasteiger partial charge on any atom is -0.308 e. The Morgan fingerprint density at radius 3 is 2.19 bits per heavy atom. The number of benzene rings is 2. The molecule has 3 aromatic rings. The number of anilines is 2. The molecule has 6 nitrogen and oxygen atoms in total. The van der Waals surface area contributed by atoms with Gasteiger partial charge >= 0.3 is 12.2 Å². The average Bonchev–Trinajstić information content (AvgIpc) is 2.74. The van der Waals surface area contributed by atoms with Gasteiger partial charge in [-0.15, -0.1) is 0 Å². The molecule has 0 unspecified atom stereocenters. The van der Waals surface area contributed by atoms with Gasteiger partial charge in [0, 0.05) is 29.1 Å². The molecule has 0 fully saturated rings. The molecule has 1 heterocycles. The predicted octanol–water partition coefficient (Wildman–Crippen LogP) is 4.39. The van der Waals surface area contributed by atoms with Crippen molar-refractivity contribution in [3.05, 3.63) is 89.7 Å². The van der Waals surface area contributed by atoms with Crippen LogP contribution in [0.4, 0.5) is 29.3 Å². The van der Waals surface area contributed by atoms with E-state index >= 15 is 0 Å². The van der Waals surface area contributed by atoms with Crippen LogP contribution in [0.1, 0.15) is 21.5 Å². The van der Waals surface area contributed by atoms with Crippen LogP contribution < -0.4 is 15.2 Å². The molecule has 0 bridgehead atoms. The normalized spacial score (nSPS) is 10.8. The van der Waals surface area contributed by atoms with Crippen molar-refractivity contribution in [2.24, 2.45) is 0 Å². The van der Waals surface area contributed by atoms with Crippen LogP contribution in [-0.4, -0.2) is 11.8 Å². The van der Waals surface area contributed by atoms with Gasteiger partial charge in [0.25, 0.3) is 0 Å². The Bertz CT molecular complexity index is 1140. The fourth-order valence-electron chi connectivity index (χ4n) is 2.70. The molecule has 156 valence electrons. The maximum Gasteiger partial charge on any atom is 0.416 e. The van der Waals surface area contributed by atoms with E-state index in [4.69, 9.17) is 5.26 Å². The average molecular weight is 425 g/mol. The fraction of sp³-hybridized carbons (Fsp3) is 0.0909. The summed E-state index contributed by atoms with van der Waals surface area (Å²) in [6, 6.07) is 14.9. The molecule has 9 heteroatoms. The third-order valence-corrected chi connectivity index (χ3v) is 4.26. The van der Waals surface area contributed by atoms with Crippen molar-refractivity contribution >= 4 is 23.2 Å². The van der Waals surface area contributed by atoms with Crippen LogP contribution in [0.3, 0.4) is 0 Å². The number of hydrogen-bond acceptors (Lipinski definition) is 3. The summed E-state index contributed by atoms with van der Waals surface area (Å²) in [5.74, 6) is -0.172. The second kappa shape index (κ2) is 9.09. The van der Waals surface area contributed by atoms with E-state index < -0.39 is 17.8 Å². The van der Waals surface area contributed by atoms with E-state index in [1.165, 1.54) is 36.4 Å². The third kappa shape index (κ3) is 5.90. The number of ketones is 1. The van der Waals surface area contributed by atoms with Crippen LogP contribution in [0.15, 0.2) is 73.1 Å². The van der Waals surface area contributed by atoms with Gasteiger partial charge in [0.05, 0.1) is 17.2 Å². The summed E-state index contributed by atoms with van der Waals surface area (Å²) >= 11 is 0. The molecular weight excluding hydrogens is 409 g/mol. The molecule has 0 aliphatic rings. The lowest BCUT2D eigenvalue weighted by atomic mass is 10.1. The Morgan fingerprint density at radius 1 is 0.935 bits per heavy atom. The zero-order valence-electron chi connectivity index (χ0n) is 16.0. The molecule has 0 aliphatic carbocycles. The second-order valence-electron chi connectivity index (χ2n) is 6.53. The first-order valence-corrected chi connectivity index (χ1v) is 9.02. The molecule has 0 aliphatic heterocycles. The van der Waals surface area contributed by atoms with Gasteiger partial charge in [0.2, 0.25) is 12.3 Å². The first kappa shape index (κ1) is 21.5. The molecule has 1 aromatic heterocycles. The molecular formula is C22H16F3N4O2+. The number of aromatic nitrogens is 1. The summed E-state index contributed by atoms with van der Waals surface area (Å²) < 4.78 is 39.9. The maximum atomic E-state index is 12.8. The number of nitrogens with zero attached hydrogens (tertiary/aromatic N) is 2. The molecule has 0 atom stereocenters. The summed E-state index contributed by atoms with van der Waals surface area (Å²) in [4.78, 5) is 24.4. The standard InChI is InChI=1S/C22H15F3N4O2/c23-22(24,25)17-2-1-3-19(12-17)28-21(31)27-18-6-4-16(5-7-18)20(30)14-29-10-8-15(13-26)9-11-29/h1-12H,14H2,(H-,27,28,30,31)/p+1. The predicted molar refractivity (Wildman–Crippen MR) is 106 cm³/mol. The molecule has 2 aromatic carbocycles. The van der Waals surface area contributed by atoms with E-state index in [2.05, 4.69) is 10.6 Å². The van der Waals surface area contributed by atoms with Gasteiger partial charge in [-0.25, -0.2) is 4.79 Å². The maximum absolute atomic E-state index is 12.8. The van der Waals surface area contributed by atoms with Crippen molar-refractivity contribution in [2.45, 2.75) is 12.7 Å². The monoisotopic (exact) mass is 425 g/mol. The molecule has 0 saturated carbocycles. The molecule has 3 rings (SSSR count).